The van der Waals surface area contributed by atoms with E-state index >= 15 is 0 Å². The Bertz CT molecular complexity index is 1530. The number of sulfonamides is 1. The maximum absolute atomic E-state index is 12.8. The van der Waals surface area contributed by atoms with Gasteiger partial charge >= 0.3 is 5.97 Å². The number of nitrogens with one attached hydrogen (secondary N) is 1. The molecule has 0 radical (unpaired) electrons. The van der Waals surface area contributed by atoms with Crippen LogP contribution in [0.25, 0.3) is 10.2 Å². The van der Waals surface area contributed by atoms with E-state index in [-0.39, 0.29) is 17.0 Å². The number of anilines is 1. The van der Waals surface area contributed by atoms with E-state index in [4.69, 9.17) is 4.74 Å². The number of hydrogen-bond donors (Lipinski definition) is 1. The average Bonchev–Trinajstić information content (AvgIpc) is 3.16. The highest BCUT2D eigenvalue weighted by atomic mass is 32.2. The molecule has 1 aromatic heterocycles. The Morgan fingerprint density at radius 2 is 1.68 bits per heavy atom. The molecule has 0 spiro atoms. The van der Waals surface area contributed by atoms with E-state index in [1.165, 1.54) is 54.8 Å². The monoisotopic (exact) mass is 495 g/mol. The van der Waals surface area contributed by atoms with Gasteiger partial charge in [-0.1, -0.05) is 41.2 Å². The van der Waals surface area contributed by atoms with Crippen molar-refractivity contribution in [2.24, 2.45) is 4.99 Å². The lowest BCUT2D eigenvalue weighted by Gasteiger charge is -2.08. The Kier molecular flexibility index (Phi) is 6.62. The van der Waals surface area contributed by atoms with Crippen molar-refractivity contribution in [1.82, 2.24) is 4.57 Å². The Balaban J connectivity index is 1.60. The van der Waals surface area contributed by atoms with Crippen molar-refractivity contribution in [3.63, 3.8) is 0 Å². The van der Waals surface area contributed by atoms with Crippen LogP contribution in [0.1, 0.15) is 15.9 Å². The number of thiazole rings is 1. The summed E-state index contributed by atoms with van der Waals surface area (Å²) < 4.78 is 34.9. The number of esters is 1. The second-order valence-corrected chi connectivity index (χ2v) is 10.1. The smallest absolute Gasteiger partial charge is 0.325 e. The van der Waals surface area contributed by atoms with Crippen LogP contribution in [0.2, 0.25) is 0 Å². The number of carbonyl (C=O) groups is 2. The fourth-order valence-electron chi connectivity index (χ4n) is 3.22. The lowest BCUT2D eigenvalue weighted by molar-refractivity contribution is -0.141. The molecule has 8 nitrogen and oxygen atoms in total. The van der Waals surface area contributed by atoms with Gasteiger partial charge in [0, 0.05) is 11.3 Å². The van der Waals surface area contributed by atoms with Gasteiger partial charge in [0.05, 0.1) is 22.2 Å². The fourth-order valence-corrected chi connectivity index (χ4v) is 5.30. The number of aryl methyl sites for hydroxylation is 1. The Labute approximate surface area is 200 Å². The molecule has 1 amide bonds. The number of fused-ring (bicyclic) bond motifs is 1. The first kappa shape index (κ1) is 23.4. The molecule has 34 heavy (non-hydrogen) atoms. The molecule has 0 saturated heterocycles. The fraction of sp³-hybridized carbons (Fsp3) is 0.125. The first-order chi connectivity index (χ1) is 16.3. The third kappa shape index (κ3) is 5.08. The van der Waals surface area contributed by atoms with Crippen LogP contribution in [0.4, 0.5) is 5.69 Å². The number of nitrogens with zero attached hydrogens (tertiary/aromatic N) is 2. The topological polar surface area (TPSA) is 107 Å². The van der Waals surface area contributed by atoms with Gasteiger partial charge in [0.25, 0.3) is 15.9 Å². The van der Waals surface area contributed by atoms with Gasteiger partial charge in [0.15, 0.2) is 4.80 Å². The zero-order chi connectivity index (χ0) is 24.3. The summed E-state index contributed by atoms with van der Waals surface area (Å²) in [5, 5.41) is 0. The molecule has 10 heteroatoms. The average molecular weight is 496 g/mol. The summed E-state index contributed by atoms with van der Waals surface area (Å²) in [7, 11) is -2.45. The summed E-state index contributed by atoms with van der Waals surface area (Å²) in [6.45, 7) is 1.80. The van der Waals surface area contributed by atoms with Gasteiger partial charge in [0.2, 0.25) is 0 Å². The van der Waals surface area contributed by atoms with Gasteiger partial charge in [-0.3, -0.25) is 14.3 Å². The minimum Gasteiger partial charge on any atom is -0.468 e. The largest absolute Gasteiger partial charge is 0.468 e. The van der Waals surface area contributed by atoms with Gasteiger partial charge in [-0.2, -0.15) is 4.99 Å². The molecular weight excluding hydrogens is 474 g/mol. The van der Waals surface area contributed by atoms with Crippen molar-refractivity contribution in [2.45, 2.75) is 18.4 Å². The minimum atomic E-state index is -3.75. The van der Waals surface area contributed by atoms with Gasteiger partial charge in [-0.05, 0) is 55.5 Å². The molecule has 0 bridgehead atoms. The summed E-state index contributed by atoms with van der Waals surface area (Å²) in [4.78, 5) is 29.4. The molecule has 0 aliphatic heterocycles. The number of rotatable bonds is 6. The number of amides is 1. The van der Waals surface area contributed by atoms with Crippen LogP contribution in [0.3, 0.4) is 0 Å². The van der Waals surface area contributed by atoms with Crippen LogP contribution in [-0.4, -0.2) is 32.0 Å². The van der Waals surface area contributed by atoms with Crippen molar-refractivity contribution >= 4 is 49.1 Å². The predicted octanol–water partition coefficient (Wildman–Crippen LogP) is 3.73. The van der Waals surface area contributed by atoms with Gasteiger partial charge in [0.1, 0.15) is 6.54 Å². The molecule has 4 aromatic rings. The van der Waals surface area contributed by atoms with Gasteiger partial charge in [-0.25, -0.2) is 8.42 Å². The maximum atomic E-state index is 12.8. The Morgan fingerprint density at radius 1 is 1.00 bits per heavy atom. The van der Waals surface area contributed by atoms with Crippen LogP contribution < -0.4 is 9.52 Å². The van der Waals surface area contributed by atoms with Crippen molar-refractivity contribution in [1.29, 1.82) is 0 Å². The molecule has 0 aliphatic carbocycles. The number of aromatic nitrogens is 1. The SMILES string of the molecule is COC(=O)Cn1c(=NC(=O)c2ccc(NS(=O)(=O)c3ccc(C)cc3)cc2)sc2ccccc21. The normalized spacial score (nSPS) is 12.0. The summed E-state index contributed by atoms with van der Waals surface area (Å²) in [5.41, 5.74) is 2.32. The zero-order valence-electron chi connectivity index (χ0n) is 18.4. The number of ether oxygens (including phenoxy) is 1. The highest BCUT2D eigenvalue weighted by Gasteiger charge is 2.15. The zero-order valence-corrected chi connectivity index (χ0v) is 20.0. The summed E-state index contributed by atoms with van der Waals surface area (Å²) in [5.74, 6) is -0.972. The minimum absolute atomic E-state index is 0.0770. The van der Waals surface area contributed by atoms with E-state index in [2.05, 4.69) is 9.71 Å². The second-order valence-electron chi connectivity index (χ2n) is 7.43. The molecule has 174 valence electrons. The van der Waals surface area contributed by atoms with Gasteiger partial charge in [-0.15, -0.1) is 0 Å². The summed E-state index contributed by atoms with van der Waals surface area (Å²) >= 11 is 1.28. The molecule has 0 saturated carbocycles. The molecule has 0 fully saturated rings. The number of carbonyl (C=O) groups excluding carboxylic acids is 2. The van der Waals surface area contributed by atoms with E-state index < -0.39 is 21.9 Å². The van der Waals surface area contributed by atoms with Crippen LogP contribution >= 0.6 is 11.3 Å². The standard InChI is InChI=1S/C24H21N3O5S2/c1-16-7-13-19(14-8-16)34(30,31)26-18-11-9-17(10-12-18)23(29)25-24-27(15-22(28)32-2)20-5-3-4-6-21(20)33-24/h3-14,26H,15H2,1-2H3. The molecule has 3 aromatic carbocycles. The quantitative estimate of drug-likeness (QED) is 0.410. The Morgan fingerprint density at radius 3 is 2.35 bits per heavy atom. The van der Waals surface area contributed by atoms with Crippen molar-refractivity contribution in [3.8, 4) is 0 Å². The third-order valence-corrected chi connectivity index (χ3v) is 7.47. The number of hydrogen-bond acceptors (Lipinski definition) is 6. The van der Waals surface area contributed by atoms with Crippen molar-refractivity contribution in [3.05, 3.63) is 88.7 Å². The summed E-state index contributed by atoms with van der Waals surface area (Å²) in [6, 6.07) is 19.9. The van der Waals surface area contributed by atoms with E-state index in [1.807, 2.05) is 31.2 Å². The van der Waals surface area contributed by atoms with Crippen molar-refractivity contribution in [2.75, 3.05) is 11.8 Å². The molecule has 0 aliphatic rings. The lowest BCUT2D eigenvalue weighted by Crippen LogP contribution is -2.22. The van der Waals surface area contributed by atoms with Crippen LogP contribution in [0.15, 0.2) is 82.7 Å². The first-order valence-corrected chi connectivity index (χ1v) is 12.5. The maximum Gasteiger partial charge on any atom is 0.325 e. The highest BCUT2D eigenvalue weighted by Crippen LogP contribution is 2.19. The molecule has 4 rings (SSSR count). The number of para-hydroxylation sites is 1. The van der Waals surface area contributed by atoms with Gasteiger partial charge < -0.3 is 9.30 Å². The van der Waals surface area contributed by atoms with E-state index in [0.29, 0.717) is 10.5 Å². The predicted molar refractivity (Wildman–Crippen MR) is 130 cm³/mol. The van der Waals surface area contributed by atoms with Crippen molar-refractivity contribution < 1.29 is 22.7 Å². The van der Waals surface area contributed by atoms with Crippen LogP contribution in [0, 0.1) is 6.92 Å². The second kappa shape index (κ2) is 9.62. The molecule has 0 atom stereocenters. The number of benzene rings is 3. The third-order valence-electron chi connectivity index (χ3n) is 5.02. The van der Waals surface area contributed by atoms with Crippen LogP contribution in [0.5, 0.6) is 0 Å². The first-order valence-electron chi connectivity index (χ1n) is 10.2. The molecule has 1 heterocycles. The lowest BCUT2D eigenvalue weighted by atomic mass is 10.2. The summed E-state index contributed by atoms with van der Waals surface area (Å²) in [6.07, 6.45) is 0. The Hall–Kier alpha value is -3.76. The number of methoxy groups -OCH3 is 1. The molecular formula is C24H21N3O5S2. The van der Waals surface area contributed by atoms with E-state index in [1.54, 1.807) is 16.7 Å². The van der Waals surface area contributed by atoms with E-state index in [9.17, 15) is 18.0 Å². The van der Waals surface area contributed by atoms with E-state index in [0.717, 1.165) is 15.8 Å². The van der Waals surface area contributed by atoms with Crippen LogP contribution in [-0.2, 0) is 26.1 Å². The molecule has 0 unspecified atom stereocenters. The molecule has 1 N–H and O–H groups in total. The highest BCUT2D eigenvalue weighted by molar-refractivity contribution is 7.92.